The fourth-order valence-corrected chi connectivity index (χ4v) is 1.18. The van der Waals surface area contributed by atoms with E-state index in [0.29, 0.717) is 5.56 Å². The Balaban J connectivity index is 2.46. The van der Waals surface area contributed by atoms with Crippen LogP contribution in [0.25, 0.3) is 0 Å². The van der Waals surface area contributed by atoms with Gasteiger partial charge in [-0.25, -0.2) is 8.78 Å². The summed E-state index contributed by atoms with van der Waals surface area (Å²) in [5.41, 5.74) is 0.319. The lowest BCUT2D eigenvalue weighted by Gasteiger charge is -2.08. The molecular weight excluding hydrogens is 216 g/mol. The minimum absolute atomic E-state index is 0.184. The van der Waals surface area contributed by atoms with Crippen molar-refractivity contribution in [3.8, 4) is 0 Å². The quantitative estimate of drug-likeness (QED) is 0.809. The van der Waals surface area contributed by atoms with Gasteiger partial charge in [-0.05, 0) is 6.07 Å². The fraction of sp³-hybridized carbons (Fsp3) is 0.364. The topological polar surface area (TPSA) is 49.3 Å². The number of benzene rings is 1. The zero-order chi connectivity index (χ0) is 12.1. The predicted octanol–water partition coefficient (Wildman–Crippen LogP) is 1.78. The summed E-state index contributed by atoms with van der Waals surface area (Å²) in [6, 6.07) is 3.31. The molecule has 1 atom stereocenters. The molecule has 5 heteroatoms. The van der Waals surface area contributed by atoms with E-state index < -0.39 is 23.5 Å². The number of hydrogen-bond acceptors (Lipinski definition) is 2. The van der Waals surface area contributed by atoms with Crippen LogP contribution in [0.2, 0.25) is 0 Å². The van der Waals surface area contributed by atoms with Crippen molar-refractivity contribution in [2.45, 2.75) is 13.5 Å². The lowest BCUT2D eigenvalue weighted by atomic mass is 10.1. The van der Waals surface area contributed by atoms with Gasteiger partial charge >= 0.3 is 5.97 Å². The van der Waals surface area contributed by atoms with Gasteiger partial charge < -0.3 is 10.4 Å². The third-order valence-electron chi connectivity index (χ3n) is 2.20. The lowest BCUT2D eigenvalue weighted by molar-refractivity contribution is -0.140. The molecule has 0 amide bonds. The van der Waals surface area contributed by atoms with Crippen molar-refractivity contribution in [1.82, 2.24) is 5.32 Å². The Hall–Kier alpha value is -1.49. The van der Waals surface area contributed by atoms with Crippen molar-refractivity contribution in [3.63, 3.8) is 0 Å². The van der Waals surface area contributed by atoms with Crippen molar-refractivity contribution in [3.05, 3.63) is 35.4 Å². The van der Waals surface area contributed by atoms with Gasteiger partial charge in [-0.1, -0.05) is 13.0 Å². The number of carbonyl (C=O) groups is 1. The molecule has 0 spiro atoms. The van der Waals surface area contributed by atoms with Crippen molar-refractivity contribution < 1.29 is 18.7 Å². The third kappa shape index (κ3) is 3.58. The van der Waals surface area contributed by atoms with E-state index >= 15 is 0 Å². The summed E-state index contributed by atoms with van der Waals surface area (Å²) in [6.07, 6.45) is 0. The summed E-state index contributed by atoms with van der Waals surface area (Å²) < 4.78 is 25.7. The molecule has 0 aliphatic carbocycles. The average Bonchev–Trinajstić information content (AvgIpc) is 2.20. The van der Waals surface area contributed by atoms with Crippen LogP contribution < -0.4 is 5.32 Å². The van der Waals surface area contributed by atoms with Gasteiger partial charge in [-0.2, -0.15) is 0 Å². The van der Waals surface area contributed by atoms with Crippen molar-refractivity contribution in [2.24, 2.45) is 5.92 Å². The molecular formula is C11H13F2NO2. The van der Waals surface area contributed by atoms with Crippen LogP contribution in [0.3, 0.4) is 0 Å². The smallest absolute Gasteiger partial charge is 0.307 e. The Morgan fingerprint density at radius 3 is 2.75 bits per heavy atom. The van der Waals surface area contributed by atoms with Gasteiger partial charge in [0.1, 0.15) is 11.6 Å². The Kier molecular flexibility index (Phi) is 4.37. The summed E-state index contributed by atoms with van der Waals surface area (Å²) in [5, 5.41) is 11.4. The Morgan fingerprint density at radius 1 is 1.50 bits per heavy atom. The summed E-state index contributed by atoms with van der Waals surface area (Å²) in [4.78, 5) is 10.5. The molecule has 3 nitrogen and oxygen atoms in total. The van der Waals surface area contributed by atoms with E-state index in [9.17, 15) is 13.6 Å². The number of rotatable bonds is 5. The molecule has 0 bridgehead atoms. The van der Waals surface area contributed by atoms with Crippen LogP contribution in [-0.4, -0.2) is 17.6 Å². The predicted molar refractivity (Wildman–Crippen MR) is 54.9 cm³/mol. The molecule has 88 valence electrons. The highest BCUT2D eigenvalue weighted by Gasteiger charge is 2.10. The highest BCUT2D eigenvalue weighted by atomic mass is 19.1. The maximum atomic E-state index is 13.1. The lowest BCUT2D eigenvalue weighted by Crippen LogP contribution is -2.26. The monoisotopic (exact) mass is 229 g/mol. The normalized spacial score (nSPS) is 12.4. The number of hydrogen-bond donors (Lipinski definition) is 2. The maximum absolute atomic E-state index is 13.1. The van der Waals surface area contributed by atoms with Crippen LogP contribution in [0.1, 0.15) is 12.5 Å². The Bertz CT molecular complexity index is 382. The van der Waals surface area contributed by atoms with Gasteiger partial charge in [0.05, 0.1) is 5.92 Å². The summed E-state index contributed by atoms with van der Waals surface area (Å²) in [6.45, 7) is 1.98. The fourth-order valence-electron chi connectivity index (χ4n) is 1.18. The van der Waals surface area contributed by atoms with Gasteiger partial charge in [0, 0.05) is 24.7 Å². The van der Waals surface area contributed by atoms with Gasteiger partial charge in [0.2, 0.25) is 0 Å². The molecule has 1 aromatic rings. The molecule has 1 aromatic carbocycles. The molecule has 0 fully saturated rings. The molecule has 0 aliphatic heterocycles. The van der Waals surface area contributed by atoms with Crippen LogP contribution >= 0.6 is 0 Å². The Labute approximate surface area is 92.1 Å². The van der Waals surface area contributed by atoms with Gasteiger partial charge in [0.15, 0.2) is 0 Å². The average molecular weight is 229 g/mol. The molecule has 0 aliphatic rings. The van der Waals surface area contributed by atoms with E-state index in [0.717, 1.165) is 6.07 Å². The molecule has 0 heterocycles. The molecule has 16 heavy (non-hydrogen) atoms. The zero-order valence-electron chi connectivity index (χ0n) is 8.84. The zero-order valence-corrected chi connectivity index (χ0v) is 8.84. The molecule has 0 saturated carbocycles. The van der Waals surface area contributed by atoms with Gasteiger partial charge in [-0.3, -0.25) is 4.79 Å². The summed E-state index contributed by atoms with van der Waals surface area (Å²) in [7, 11) is 0. The van der Waals surface area contributed by atoms with Crippen LogP contribution in [0.4, 0.5) is 8.78 Å². The van der Waals surface area contributed by atoms with Crippen molar-refractivity contribution in [1.29, 1.82) is 0 Å². The number of halogens is 2. The SMILES string of the molecule is CC(CNCc1ccc(F)cc1F)C(=O)O. The van der Waals surface area contributed by atoms with E-state index in [1.54, 1.807) is 6.92 Å². The molecule has 2 N–H and O–H groups in total. The first-order valence-corrected chi connectivity index (χ1v) is 4.88. The van der Waals surface area contributed by atoms with Crippen LogP contribution in [-0.2, 0) is 11.3 Å². The van der Waals surface area contributed by atoms with E-state index in [1.807, 2.05) is 0 Å². The van der Waals surface area contributed by atoms with E-state index in [4.69, 9.17) is 5.11 Å². The highest BCUT2D eigenvalue weighted by Crippen LogP contribution is 2.09. The van der Waals surface area contributed by atoms with Crippen molar-refractivity contribution >= 4 is 5.97 Å². The van der Waals surface area contributed by atoms with E-state index in [1.165, 1.54) is 12.1 Å². The number of aliphatic carboxylic acids is 1. The summed E-state index contributed by atoms with van der Waals surface area (Å²) >= 11 is 0. The third-order valence-corrected chi connectivity index (χ3v) is 2.20. The minimum atomic E-state index is -0.910. The molecule has 0 aromatic heterocycles. The summed E-state index contributed by atoms with van der Waals surface area (Å²) in [5.74, 6) is -2.70. The molecule has 0 saturated heterocycles. The minimum Gasteiger partial charge on any atom is -0.481 e. The first-order valence-electron chi connectivity index (χ1n) is 4.88. The largest absolute Gasteiger partial charge is 0.481 e. The second kappa shape index (κ2) is 5.55. The van der Waals surface area contributed by atoms with E-state index in [2.05, 4.69) is 5.32 Å². The standard InChI is InChI=1S/C11H13F2NO2/c1-7(11(15)16)5-14-6-8-2-3-9(12)4-10(8)13/h2-4,7,14H,5-6H2,1H3,(H,15,16). The van der Waals surface area contributed by atoms with Crippen LogP contribution in [0.5, 0.6) is 0 Å². The van der Waals surface area contributed by atoms with Gasteiger partial charge in [-0.15, -0.1) is 0 Å². The number of nitrogens with one attached hydrogen (secondary N) is 1. The van der Waals surface area contributed by atoms with Crippen LogP contribution in [0, 0.1) is 17.6 Å². The van der Waals surface area contributed by atoms with E-state index in [-0.39, 0.29) is 13.1 Å². The Morgan fingerprint density at radius 2 is 2.19 bits per heavy atom. The first-order chi connectivity index (χ1) is 7.50. The number of carboxylic acid groups (broad SMARTS) is 1. The van der Waals surface area contributed by atoms with Crippen LogP contribution in [0.15, 0.2) is 18.2 Å². The maximum Gasteiger partial charge on any atom is 0.307 e. The first kappa shape index (κ1) is 12.6. The highest BCUT2D eigenvalue weighted by molar-refractivity contribution is 5.69. The van der Waals surface area contributed by atoms with Crippen molar-refractivity contribution in [2.75, 3.05) is 6.54 Å². The molecule has 1 rings (SSSR count). The second-order valence-corrected chi connectivity index (χ2v) is 3.61. The second-order valence-electron chi connectivity index (χ2n) is 3.61. The molecule has 1 unspecified atom stereocenters. The van der Waals surface area contributed by atoms with Gasteiger partial charge in [0.25, 0.3) is 0 Å². The molecule has 0 radical (unpaired) electrons. The number of carboxylic acids is 1.